The van der Waals surface area contributed by atoms with E-state index >= 15 is 0 Å². The number of ether oxygens (including phenoxy) is 2. The van der Waals surface area contributed by atoms with Gasteiger partial charge in [0.25, 0.3) is 10.0 Å². The molecule has 218 valence electrons. The first kappa shape index (κ1) is 30.4. The van der Waals surface area contributed by atoms with Crippen molar-refractivity contribution in [3.8, 4) is 5.75 Å². The van der Waals surface area contributed by atoms with Gasteiger partial charge in [0, 0.05) is 12.0 Å². The lowest BCUT2D eigenvalue weighted by Gasteiger charge is -2.36. The minimum absolute atomic E-state index is 0.0591. The van der Waals surface area contributed by atoms with Crippen molar-refractivity contribution >= 4 is 44.9 Å². The van der Waals surface area contributed by atoms with Crippen LogP contribution in [-0.2, 0) is 25.7 Å². The number of rotatable bonds is 7. The van der Waals surface area contributed by atoms with Crippen LogP contribution in [0.3, 0.4) is 0 Å². The molecule has 0 radical (unpaired) electrons. The van der Waals surface area contributed by atoms with E-state index in [1.54, 1.807) is 19.1 Å². The van der Waals surface area contributed by atoms with Crippen molar-refractivity contribution in [3.05, 3.63) is 87.7 Å². The summed E-state index contributed by atoms with van der Waals surface area (Å²) in [6.07, 6.45) is -3.90. The second-order valence-corrected chi connectivity index (χ2v) is 11.7. The van der Waals surface area contributed by atoms with Crippen LogP contribution in [-0.4, -0.2) is 34.1 Å². The molecule has 0 saturated heterocycles. The second-order valence-electron chi connectivity index (χ2n) is 9.47. The fraction of sp³-hybridized carbons (Fsp3) is 0.276. The summed E-state index contributed by atoms with van der Waals surface area (Å²) in [7, 11) is -3.32. The highest BCUT2D eigenvalue weighted by molar-refractivity contribution is 7.93. The molecule has 1 heterocycles. The highest BCUT2D eigenvalue weighted by atomic mass is 35.5. The van der Waals surface area contributed by atoms with E-state index in [0.717, 1.165) is 29.4 Å². The van der Waals surface area contributed by atoms with Gasteiger partial charge in [-0.3, -0.25) is 9.10 Å². The summed E-state index contributed by atoms with van der Waals surface area (Å²) >= 11 is 6.19. The Morgan fingerprint density at radius 2 is 1.88 bits per heavy atom. The third kappa shape index (κ3) is 6.36. The fourth-order valence-electron chi connectivity index (χ4n) is 4.69. The van der Waals surface area contributed by atoms with E-state index in [-0.39, 0.29) is 41.4 Å². The first-order chi connectivity index (χ1) is 19.2. The van der Waals surface area contributed by atoms with E-state index in [0.29, 0.717) is 11.1 Å². The summed E-state index contributed by atoms with van der Waals surface area (Å²) < 4.78 is 94.9. The molecule has 41 heavy (non-hydrogen) atoms. The monoisotopic (exact) mass is 611 g/mol. The molecule has 0 aliphatic carbocycles. The summed E-state index contributed by atoms with van der Waals surface area (Å²) in [5.41, 5.74) is -0.321. The molecule has 0 amide bonds. The fourth-order valence-corrected chi connectivity index (χ4v) is 6.76. The Kier molecular flexibility index (Phi) is 8.70. The molecule has 1 unspecified atom stereocenters. The Balaban J connectivity index is 1.82. The Bertz CT molecular complexity index is 1600. The van der Waals surface area contributed by atoms with Gasteiger partial charge in [-0.1, -0.05) is 35.9 Å². The highest BCUT2D eigenvalue weighted by Gasteiger charge is 2.39. The lowest BCUT2D eigenvalue weighted by atomic mass is 10.0. The largest absolute Gasteiger partial charge is 0.486 e. The van der Waals surface area contributed by atoms with E-state index in [9.17, 15) is 30.8 Å². The predicted molar refractivity (Wildman–Crippen MR) is 148 cm³/mol. The van der Waals surface area contributed by atoms with Crippen LogP contribution in [0.15, 0.2) is 59.5 Å². The van der Waals surface area contributed by atoms with Gasteiger partial charge < -0.3 is 9.47 Å². The number of nitrogens with zero attached hydrogens (tertiary/aromatic N) is 1. The van der Waals surface area contributed by atoms with Crippen LogP contribution in [0, 0.1) is 12.7 Å². The van der Waals surface area contributed by atoms with Crippen LogP contribution in [0.2, 0.25) is 5.02 Å². The van der Waals surface area contributed by atoms with Crippen molar-refractivity contribution < 1.29 is 40.2 Å². The molecule has 1 aliphatic heterocycles. The van der Waals surface area contributed by atoms with Crippen LogP contribution in [0.25, 0.3) is 11.6 Å². The normalized spacial score (nSPS) is 15.8. The van der Waals surface area contributed by atoms with Gasteiger partial charge in [0.1, 0.15) is 17.7 Å². The lowest BCUT2D eigenvalue weighted by molar-refractivity contribution is -0.141. The molecular weight excluding hydrogens is 586 g/mol. The third-order valence-corrected chi connectivity index (χ3v) is 8.95. The molecule has 0 saturated carbocycles. The van der Waals surface area contributed by atoms with Gasteiger partial charge in [0.05, 0.1) is 34.8 Å². The van der Waals surface area contributed by atoms with Gasteiger partial charge in [-0.05, 0) is 73.4 Å². The van der Waals surface area contributed by atoms with E-state index < -0.39 is 50.1 Å². The Morgan fingerprint density at radius 3 is 2.54 bits per heavy atom. The standard InChI is InChI=1S/C29H26ClF4NO5S/c1-17(28-22(30)7-5-8-23(28)31)14-19-10-12-25-24(15-19)35(16-20(40-25)11-13-27(36)39-3)41(37,38)26-9-4-6-21(18(26)2)29(32,33)34/h4-10,12,14-15,20H,11,13,16H2,1-3H3. The summed E-state index contributed by atoms with van der Waals surface area (Å²) in [5.74, 6) is -0.909. The molecule has 12 heteroatoms. The quantitative estimate of drug-likeness (QED) is 0.160. The van der Waals surface area contributed by atoms with Crippen LogP contribution in [0.1, 0.15) is 42.0 Å². The number of fused-ring (bicyclic) bond motifs is 1. The first-order valence-electron chi connectivity index (χ1n) is 12.4. The molecular formula is C29H26ClF4NO5S. The first-order valence-corrected chi connectivity index (χ1v) is 14.3. The Labute approximate surface area is 240 Å². The predicted octanol–water partition coefficient (Wildman–Crippen LogP) is 7.28. The number of sulfonamides is 1. The molecule has 0 bridgehead atoms. The maximum Gasteiger partial charge on any atom is 0.416 e. The summed E-state index contributed by atoms with van der Waals surface area (Å²) in [4.78, 5) is 11.2. The molecule has 6 nitrogen and oxygen atoms in total. The molecule has 1 aliphatic rings. The highest BCUT2D eigenvalue weighted by Crippen LogP contribution is 2.41. The van der Waals surface area contributed by atoms with Crippen LogP contribution < -0.4 is 9.04 Å². The van der Waals surface area contributed by atoms with Gasteiger partial charge in [0.15, 0.2) is 0 Å². The molecule has 0 fully saturated rings. The van der Waals surface area contributed by atoms with Crippen molar-refractivity contribution in [3.63, 3.8) is 0 Å². The minimum atomic E-state index is -4.76. The Morgan fingerprint density at radius 1 is 1.17 bits per heavy atom. The minimum Gasteiger partial charge on any atom is -0.486 e. The number of alkyl halides is 3. The number of carbonyl (C=O) groups excluding carboxylic acids is 1. The molecule has 3 aromatic rings. The van der Waals surface area contributed by atoms with E-state index in [1.165, 1.54) is 37.4 Å². The number of carbonyl (C=O) groups is 1. The van der Waals surface area contributed by atoms with Gasteiger partial charge in [-0.25, -0.2) is 12.8 Å². The van der Waals surface area contributed by atoms with E-state index in [1.807, 2.05) is 0 Å². The number of methoxy groups -OCH3 is 1. The van der Waals surface area contributed by atoms with Crippen molar-refractivity contribution in [2.45, 2.75) is 43.9 Å². The smallest absolute Gasteiger partial charge is 0.416 e. The second kappa shape index (κ2) is 11.7. The van der Waals surface area contributed by atoms with Crippen LogP contribution in [0.4, 0.5) is 23.2 Å². The topological polar surface area (TPSA) is 72.9 Å². The summed E-state index contributed by atoms with van der Waals surface area (Å²) in [5, 5.41) is 0.192. The average molecular weight is 612 g/mol. The van der Waals surface area contributed by atoms with Crippen LogP contribution in [0.5, 0.6) is 5.75 Å². The maximum atomic E-state index is 14.5. The van der Waals surface area contributed by atoms with Crippen molar-refractivity contribution in [2.75, 3.05) is 18.0 Å². The molecule has 0 spiro atoms. The molecule has 4 rings (SSSR count). The number of esters is 1. The third-order valence-electron chi connectivity index (χ3n) is 6.71. The van der Waals surface area contributed by atoms with Gasteiger partial charge in [-0.15, -0.1) is 0 Å². The zero-order valence-electron chi connectivity index (χ0n) is 22.3. The van der Waals surface area contributed by atoms with E-state index in [2.05, 4.69) is 4.74 Å². The number of anilines is 1. The molecule has 1 atom stereocenters. The number of hydrogen-bond donors (Lipinski definition) is 0. The van der Waals surface area contributed by atoms with Gasteiger partial charge in [-0.2, -0.15) is 13.2 Å². The van der Waals surface area contributed by atoms with Crippen molar-refractivity contribution in [2.24, 2.45) is 0 Å². The van der Waals surface area contributed by atoms with E-state index in [4.69, 9.17) is 16.3 Å². The number of halogens is 5. The lowest BCUT2D eigenvalue weighted by Crippen LogP contribution is -2.44. The number of benzene rings is 3. The average Bonchev–Trinajstić information content (AvgIpc) is 2.90. The molecule has 3 aromatic carbocycles. The zero-order chi connectivity index (χ0) is 30.1. The molecule has 0 N–H and O–H groups in total. The zero-order valence-corrected chi connectivity index (χ0v) is 23.8. The Hall–Kier alpha value is -3.57. The van der Waals surface area contributed by atoms with Gasteiger partial charge in [0.2, 0.25) is 0 Å². The SMILES string of the molecule is COC(=O)CCC1CN(S(=O)(=O)c2cccc(C(F)(F)F)c2C)c2cc(C=C(C)c3c(F)cccc3Cl)ccc2O1. The summed E-state index contributed by atoms with van der Waals surface area (Å²) in [6.45, 7) is 2.48. The molecule has 0 aromatic heterocycles. The summed E-state index contributed by atoms with van der Waals surface area (Å²) in [6, 6.07) is 11.9. The number of hydrogen-bond acceptors (Lipinski definition) is 5. The van der Waals surface area contributed by atoms with Crippen molar-refractivity contribution in [1.29, 1.82) is 0 Å². The van der Waals surface area contributed by atoms with Crippen molar-refractivity contribution in [1.82, 2.24) is 0 Å². The maximum absolute atomic E-state index is 14.5. The van der Waals surface area contributed by atoms with Crippen LogP contribution >= 0.6 is 11.6 Å². The number of allylic oxidation sites excluding steroid dienone is 1. The van der Waals surface area contributed by atoms with Gasteiger partial charge >= 0.3 is 12.1 Å².